The molecule has 2 aliphatic rings. The first-order chi connectivity index (χ1) is 14.8. The van der Waals surface area contributed by atoms with Gasteiger partial charge in [-0.1, -0.05) is 42.0 Å². The molecule has 1 heterocycles. The molecular formula is C24H26N2O4S. The number of hydrogen-bond acceptors (Lipinski definition) is 4. The first kappa shape index (κ1) is 21.5. The maximum absolute atomic E-state index is 13.4. The van der Waals surface area contributed by atoms with Crippen LogP contribution in [0.5, 0.6) is 0 Å². The van der Waals surface area contributed by atoms with Crippen LogP contribution in [0.25, 0.3) is 0 Å². The van der Waals surface area contributed by atoms with Crippen LogP contribution in [0, 0.1) is 5.41 Å². The number of nitrogens with one attached hydrogen (secondary N) is 1. The van der Waals surface area contributed by atoms with Gasteiger partial charge in [0.05, 0.1) is 4.90 Å². The first-order valence-electron chi connectivity index (χ1n) is 10.4. The summed E-state index contributed by atoms with van der Waals surface area (Å²) in [5.41, 5.74) is 2.40. The Morgan fingerprint density at radius 2 is 1.81 bits per heavy atom. The van der Waals surface area contributed by atoms with Crippen LogP contribution >= 0.6 is 0 Å². The largest absolute Gasteiger partial charge is 0.326 e. The second-order valence-corrected chi connectivity index (χ2v) is 10.3. The van der Waals surface area contributed by atoms with E-state index in [0.29, 0.717) is 37.9 Å². The van der Waals surface area contributed by atoms with Crippen LogP contribution in [0.4, 0.5) is 5.69 Å². The van der Waals surface area contributed by atoms with E-state index in [9.17, 15) is 18.0 Å². The summed E-state index contributed by atoms with van der Waals surface area (Å²) in [6, 6.07) is 16.3. The van der Waals surface area contributed by atoms with Crippen molar-refractivity contribution >= 4 is 27.4 Å². The number of Topliss-reactive ketones (excluding diaryl/α,β-unsaturated/α-hetero) is 1. The predicted octanol–water partition coefficient (Wildman–Crippen LogP) is 3.56. The summed E-state index contributed by atoms with van der Waals surface area (Å²) >= 11 is 0. The van der Waals surface area contributed by atoms with E-state index in [1.807, 2.05) is 24.3 Å². The number of carbonyl (C=O) groups excluding carboxylic acids is 2. The molecule has 2 aromatic rings. The first-order valence-corrected chi connectivity index (χ1v) is 11.9. The van der Waals surface area contributed by atoms with Crippen LogP contribution in [0.1, 0.15) is 31.7 Å². The van der Waals surface area contributed by atoms with Gasteiger partial charge in [-0.3, -0.25) is 9.59 Å². The molecule has 31 heavy (non-hydrogen) atoms. The van der Waals surface area contributed by atoms with E-state index >= 15 is 0 Å². The number of ketones is 1. The summed E-state index contributed by atoms with van der Waals surface area (Å²) in [7, 11) is -3.71. The number of carbonyl (C=O) groups is 2. The van der Waals surface area contributed by atoms with Gasteiger partial charge in [0, 0.05) is 44.0 Å². The third-order valence-electron chi connectivity index (χ3n) is 6.17. The highest BCUT2D eigenvalue weighted by Gasteiger charge is 2.45. The van der Waals surface area contributed by atoms with Crippen LogP contribution in [0.2, 0.25) is 0 Å². The molecule has 0 spiro atoms. The summed E-state index contributed by atoms with van der Waals surface area (Å²) in [4.78, 5) is 23.5. The maximum atomic E-state index is 13.4. The zero-order valence-corrected chi connectivity index (χ0v) is 18.3. The van der Waals surface area contributed by atoms with Crippen molar-refractivity contribution in [3.63, 3.8) is 0 Å². The molecule has 0 bridgehead atoms. The lowest BCUT2D eigenvalue weighted by Gasteiger charge is -2.45. The fraction of sp³-hybridized carbons (Fsp3) is 0.333. The fourth-order valence-electron chi connectivity index (χ4n) is 4.60. The highest BCUT2D eigenvalue weighted by Crippen LogP contribution is 2.46. The van der Waals surface area contributed by atoms with E-state index in [1.165, 1.54) is 23.4 Å². The minimum Gasteiger partial charge on any atom is -0.326 e. The molecule has 0 aromatic heterocycles. The third kappa shape index (κ3) is 4.48. The normalized spacial score (nSPS) is 21.8. The molecule has 1 atom stereocenters. The molecule has 1 N–H and O–H groups in total. The third-order valence-corrected chi connectivity index (χ3v) is 8.00. The molecule has 1 aliphatic carbocycles. The minimum atomic E-state index is -3.71. The number of fused-ring (bicyclic) bond motifs is 1. The topological polar surface area (TPSA) is 83.6 Å². The Morgan fingerprint density at radius 3 is 2.48 bits per heavy atom. The van der Waals surface area contributed by atoms with Gasteiger partial charge in [-0.05, 0) is 42.7 Å². The van der Waals surface area contributed by atoms with E-state index < -0.39 is 10.0 Å². The molecule has 1 unspecified atom stereocenters. The maximum Gasteiger partial charge on any atom is 0.243 e. The summed E-state index contributed by atoms with van der Waals surface area (Å²) in [6.07, 6.45) is 4.18. The molecule has 7 heteroatoms. The zero-order valence-electron chi connectivity index (χ0n) is 17.5. The lowest BCUT2D eigenvalue weighted by atomic mass is 9.65. The van der Waals surface area contributed by atoms with E-state index in [-0.39, 0.29) is 28.5 Å². The van der Waals surface area contributed by atoms with Crippen molar-refractivity contribution in [3.8, 4) is 0 Å². The van der Waals surface area contributed by atoms with Crippen molar-refractivity contribution in [1.82, 2.24) is 4.31 Å². The number of anilines is 1. The quantitative estimate of drug-likeness (QED) is 0.724. The smallest absolute Gasteiger partial charge is 0.243 e. The standard InChI is InChI=1S/C24H26N2O4S/c1-18(27)25-21-7-9-23(10-8-21)31(29,30)26-14-12-20-15-22(28)11-13-24(20,17-26)16-19-5-3-2-4-6-19/h2-10,12H,11,13-17H2,1H3,(H,25,27). The molecular weight excluding hydrogens is 412 g/mol. The van der Waals surface area contributed by atoms with Crippen LogP contribution < -0.4 is 5.32 Å². The molecule has 0 radical (unpaired) electrons. The summed E-state index contributed by atoms with van der Waals surface area (Å²) in [6.45, 7) is 2.02. The predicted molar refractivity (Wildman–Crippen MR) is 119 cm³/mol. The van der Waals surface area contributed by atoms with Crippen LogP contribution in [0.3, 0.4) is 0 Å². The minimum absolute atomic E-state index is 0.195. The van der Waals surface area contributed by atoms with Gasteiger partial charge in [-0.2, -0.15) is 4.31 Å². The summed E-state index contributed by atoms with van der Waals surface area (Å²) in [5.74, 6) is 0.0128. The molecule has 6 nitrogen and oxygen atoms in total. The van der Waals surface area contributed by atoms with Gasteiger partial charge in [-0.25, -0.2) is 8.42 Å². The van der Waals surface area contributed by atoms with Crippen molar-refractivity contribution in [2.45, 2.75) is 37.5 Å². The highest BCUT2D eigenvalue weighted by molar-refractivity contribution is 7.89. The SMILES string of the molecule is CC(=O)Nc1ccc(S(=O)(=O)N2CC=C3CC(=O)CCC3(Cc3ccccc3)C2)cc1. The monoisotopic (exact) mass is 438 g/mol. The van der Waals surface area contributed by atoms with Crippen LogP contribution in [-0.4, -0.2) is 37.5 Å². The second-order valence-electron chi connectivity index (χ2n) is 8.39. The van der Waals surface area contributed by atoms with Gasteiger partial charge in [0.15, 0.2) is 0 Å². The molecule has 1 fully saturated rings. The Morgan fingerprint density at radius 1 is 1.10 bits per heavy atom. The Balaban J connectivity index is 1.64. The van der Waals surface area contributed by atoms with Gasteiger partial charge in [-0.15, -0.1) is 0 Å². The number of hydrogen-bond donors (Lipinski definition) is 1. The Labute approximate surface area is 183 Å². The van der Waals surface area contributed by atoms with E-state index in [2.05, 4.69) is 17.4 Å². The molecule has 4 rings (SSSR count). The molecule has 0 saturated heterocycles. The lowest BCUT2D eigenvalue weighted by Crippen LogP contribution is -2.49. The highest BCUT2D eigenvalue weighted by atomic mass is 32.2. The Kier molecular flexibility index (Phi) is 5.81. The summed E-state index contributed by atoms with van der Waals surface area (Å²) in [5, 5.41) is 2.65. The van der Waals surface area contributed by atoms with Crippen molar-refractivity contribution < 1.29 is 18.0 Å². The molecule has 1 saturated carbocycles. The lowest BCUT2D eigenvalue weighted by molar-refractivity contribution is -0.120. The fourth-order valence-corrected chi connectivity index (χ4v) is 6.07. The number of amides is 1. The number of nitrogens with zero attached hydrogens (tertiary/aromatic N) is 1. The van der Waals surface area contributed by atoms with Gasteiger partial charge in [0.1, 0.15) is 5.78 Å². The van der Waals surface area contributed by atoms with Crippen LogP contribution in [0.15, 0.2) is 71.1 Å². The van der Waals surface area contributed by atoms with E-state index in [1.54, 1.807) is 12.1 Å². The Bertz CT molecular complexity index is 1120. The van der Waals surface area contributed by atoms with E-state index in [0.717, 1.165) is 11.1 Å². The van der Waals surface area contributed by atoms with Gasteiger partial charge in [0.25, 0.3) is 0 Å². The molecule has 1 amide bonds. The molecule has 2 aromatic carbocycles. The zero-order chi connectivity index (χ0) is 22.1. The Hall–Kier alpha value is -2.77. The number of sulfonamides is 1. The molecule has 1 aliphatic heterocycles. The summed E-state index contributed by atoms with van der Waals surface area (Å²) < 4.78 is 28.3. The van der Waals surface area contributed by atoms with Crippen molar-refractivity contribution in [2.24, 2.45) is 5.41 Å². The van der Waals surface area contributed by atoms with Gasteiger partial charge in [0.2, 0.25) is 15.9 Å². The van der Waals surface area contributed by atoms with Crippen LogP contribution in [-0.2, 0) is 26.0 Å². The van der Waals surface area contributed by atoms with Crippen molar-refractivity contribution in [3.05, 3.63) is 71.8 Å². The molecule has 162 valence electrons. The average molecular weight is 439 g/mol. The number of benzene rings is 2. The number of rotatable bonds is 5. The van der Waals surface area contributed by atoms with Gasteiger partial charge < -0.3 is 5.32 Å². The average Bonchev–Trinajstić information content (AvgIpc) is 2.74. The van der Waals surface area contributed by atoms with Crippen molar-refractivity contribution in [1.29, 1.82) is 0 Å². The second kappa shape index (κ2) is 8.40. The van der Waals surface area contributed by atoms with E-state index in [4.69, 9.17) is 0 Å². The van der Waals surface area contributed by atoms with Gasteiger partial charge >= 0.3 is 0 Å². The van der Waals surface area contributed by atoms with Crippen molar-refractivity contribution in [2.75, 3.05) is 18.4 Å².